The second-order valence-electron chi connectivity index (χ2n) is 6.63. The van der Waals surface area contributed by atoms with Gasteiger partial charge in [0, 0.05) is 13.7 Å². The van der Waals surface area contributed by atoms with Gasteiger partial charge in [-0.2, -0.15) is 0 Å². The summed E-state index contributed by atoms with van der Waals surface area (Å²) in [6, 6.07) is 0.558. The molecule has 0 atom stereocenters. The summed E-state index contributed by atoms with van der Waals surface area (Å²) in [5.41, 5.74) is -0.486. The second-order valence-corrected chi connectivity index (χ2v) is 6.63. The molecule has 0 bridgehead atoms. The van der Waals surface area contributed by atoms with Crippen molar-refractivity contribution in [3.63, 3.8) is 0 Å². The van der Waals surface area contributed by atoms with Crippen molar-refractivity contribution < 1.29 is 13.9 Å². The number of rotatable bonds is 6. The number of methoxy groups -OCH3 is 1. The maximum atomic E-state index is 6.05. The molecule has 120 valence electrons. The minimum atomic E-state index is -0.243. The van der Waals surface area contributed by atoms with E-state index in [1.807, 2.05) is 0 Å². The lowest BCUT2D eigenvalue weighted by Gasteiger charge is -2.46. The highest BCUT2D eigenvalue weighted by atomic mass is 16.5. The van der Waals surface area contributed by atoms with Gasteiger partial charge in [-0.25, -0.2) is 0 Å². The molecule has 0 saturated carbocycles. The Hall–Kier alpha value is -1.18. The normalized spacial score (nSPS) is 20.7. The Morgan fingerprint density at radius 2 is 1.86 bits per heavy atom. The molecule has 0 aliphatic carbocycles. The van der Waals surface area contributed by atoms with Crippen molar-refractivity contribution in [2.24, 2.45) is 0 Å². The number of aromatic nitrogens is 2. The molecule has 2 rings (SSSR count). The molecular weight excluding hydrogens is 272 g/mol. The zero-order chi connectivity index (χ0) is 15.5. The molecule has 0 spiro atoms. The molecule has 0 aromatic carbocycles. The molecule has 21 heavy (non-hydrogen) atoms. The van der Waals surface area contributed by atoms with E-state index in [1.54, 1.807) is 7.11 Å². The van der Waals surface area contributed by atoms with E-state index in [9.17, 15) is 0 Å². The first-order valence-corrected chi connectivity index (χ1v) is 7.28. The highest BCUT2D eigenvalue weighted by Crippen LogP contribution is 2.30. The number of nitrogens with zero attached hydrogens (tertiary/aromatic N) is 3. The zero-order valence-corrected chi connectivity index (χ0v) is 13.6. The molecule has 7 nitrogen and oxygen atoms in total. The van der Waals surface area contributed by atoms with Gasteiger partial charge in [-0.15, -0.1) is 5.10 Å². The SMILES string of the molecule is COCCNCc1nnc(N2CC(C)(C)OC(C)(C)C2)o1. The van der Waals surface area contributed by atoms with E-state index in [1.165, 1.54) is 0 Å². The van der Waals surface area contributed by atoms with Crippen molar-refractivity contribution in [1.29, 1.82) is 0 Å². The van der Waals surface area contributed by atoms with E-state index in [4.69, 9.17) is 13.9 Å². The lowest BCUT2D eigenvalue weighted by atomic mass is 9.99. The summed E-state index contributed by atoms with van der Waals surface area (Å²) in [6.07, 6.45) is 0. The lowest BCUT2D eigenvalue weighted by molar-refractivity contribution is -0.134. The Labute approximate surface area is 126 Å². The van der Waals surface area contributed by atoms with E-state index < -0.39 is 0 Å². The van der Waals surface area contributed by atoms with Crippen LogP contribution < -0.4 is 10.2 Å². The Kier molecular flexibility index (Phi) is 4.85. The van der Waals surface area contributed by atoms with Crippen molar-refractivity contribution in [3.05, 3.63) is 5.89 Å². The summed E-state index contributed by atoms with van der Waals surface area (Å²) in [4.78, 5) is 2.09. The van der Waals surface area contributed by atoms with E-state index in [-0.39, 0.29) is 11.2 Å². The third-order valence-electron chi connectivity index (χ3n) is 3.18. The van der Waals surface area contributed by atoms with Crippen LogP contribution in [0, 0.1) is 0 Å². The predicted molar refractivity (Wildman–Crippen MR) is 79.3 cm³/mol. The number of hydrogen-bond acceptors (Lipinski definition) is 7. The fourth-order valence-electron chi connectivity index (χ4n) is 2.74. The Morgan fingerprint density at radius 3 is 2.48 bits per heavy atom. The lowest BCUT2D eigenvalue weighted by Crippen LogP contribution is -2.57. The van der Waals surface area contributed by atoms with Crippen LogP contribution in [0.25, 0.3) is 0 Å². The van der Waals surface area contributed by atoms with Gasteiger partial charge in [-0.1, -0.05) is 5.10 Å². The van der Waals surface area contributed by atoms with Gasteiger partial charge < -0.3 is 24.1 Å². The van der Waals surface area contributed by atoms with Crippen LogP contribution in [0.2, 0.25) is 0 Å². The first-order chi connectivity index (χ1) is 9.81. The summed E-state index contributed by atoms with van der Waals surface area (Å²) in [6.45, 7) is 11.7. The molecule has 0 radical (unpaired) electrons. The number of nitrogens with one attached hydrogen (secondary N) is 1. The maximum Gasteiger partial charge on any atom is 0.318 e. The maximum absolute atomic E-state index is 6.05. The fraction of sp³-hybridized carbons (Fsp3) is 0.857. The minimum Gasteiger partial charge on any atom is -0.407 e. The van der Waals surface area contributed by atoms with Crippen molar-refractivity contribution in [2.45, 2.75) is 45.4 Å². The van der Waals surface area contributed by atoms with E-state index >= 15 is 0 Å². The molecule has 1 saturated heterocycles. The van der Waals surface area contributed by atoms with Crippen molar-refractivity contribution in [3.8, 4) is 0 Å². The molecular formula is C14H26N4O3. The Morgan fingerprint density at radius 1 is 1.19 bits per heavy atom. The van der Waals surface area contributed by atoms with E-state index in [0.29, 0.717) is 25.1 Å². The Bertz CT molecular complexity index is 443. The smallest absolute Gasteiger partial charge is 0.318 e. The average molecular weight is 298 g/mol. The second kappa shape index (κ2) is 6.29. The summed E-state index contributed by atoms with van der Waals surface area (Å²) in [5.74, 6) is 0.586. The molecule has 1 N–H and O–H groups in total. The van der Waals surface area contributed by atoms with Crippen LogP contribution >= 0.6 is 0 Å². The van der Waals surface area contributed by atoms with Crippen LogP contribution in [0.1, 0.15) is 33.6 Å². The van der Waals surface area contributed by atoms with Crippen LogP contribution in [0.15, 0.2) is 4.42 Å². The third kappa shape index (κ3) is 4.66. The van der Waals surface area contributed by atoms with Gasteiger partial charge in [0.25, 0.3) is 0 Å². The van der Waals surface area contributed by atoms with Gasteiger partial charge in [0.1, 0.15) is 0 Å². The molecule has 1 aromatic rings. The van der Waals surface area contributed by atoms with Crippen LogP contribution in [0.4, 0.5) is 6.01 Å². The first-order valence-electron chi connectivity index (χ1n) is 7.28. The molecule has 1 aliphatic heterocycles. The predicted octanol–water partition coefficient (Wildman–Crippen LogP) is 1.20. The molecule has 7 heteroatoms. The molecule has 1 fully saturated rings. The number of hydrogen-bond donors (Lipinski definition) is 1. The highest BCUT2D eigenvalue weighted by Gasteiger charge is 2.39. The summed E-state index contributed by atoms with van der Waals surface area (Å²) in [7, 11) is 1.68. The fourth-order valence-corrected chi connectivity index (χ4v) is 2.74. The van der Waals surface area contributed by atoms with Gasteiger partial charge in [0.05, 0.1) is 37.4 Å². The molecule has 1 aliphatic rings. The van der Waals surface area contributed by atoms with Gasteiger partial charge >= 0.3 is 6.01 Å². The summed E-state index contributed by atoms with van der Waals surface area (Å²) >= 11 is 0. The van der Waals surface area contributed by atoms with Gasteiger partial charge in [0.15, 0.2) is 0 Å². The topological polar surface area (TPSA) is 72.7 Å². The summed E-state index contributed by atoms with van der Waals surface area (Å²) in [5, 5.41) is 11.4. The van der Waals surface area contributed by atoms with Crippen molar-refractivity contribution in [1.82, 2.24) is 15.5 Å². The minimum absolute atomic E-state index is 0.243. The average Bonchev–Trinajstić information content (AvgIpc) is 2.79. The van der Waals surface area contributed by atoms with Crippen molar-refractivity contribution in [2.75, 3.05) is 38.3 Å². The van der Waals surface area contributed by atoms with Crippen LogP contribution in [-0.2, 0) is 16.0 Å². The quantitative estimate of drug-likeness (QED) is 0.791. The van der Waals surface area contributed by atoms with E-state index in [0.717, 1.165) is 19.6 Å². The standard InChI is InChI=1S/C14H26N4O3/c1-13(2)9-18(10-14(3,4)21-13)12-17-16-11(20-12)8-15-6-7-19-5/h15H,6-10H2,1-5H3. The molecule has 0 amide bonds. The monoisotopic (exact) mass is 298 g/mol. The largest absolute Gasteiger partial charge is 0.407 e. The zero-order valence-electron chi connectivity index (χ0n) is 13.6. The van der Waals surface area contributed by atoms with Gasteiger partial charge in [0.2, 0.25) is 5.89 Å². The third-order valence-corrected chi connectivity index (χ3v) is 3.18. The van der Waals surface area contributed by atoms with Crippen LogP contribution in [0.3, 0.4) is 0 Å². The van der Waals surface area contributed by atoms with Crippen molar-refractivity contribution >= 4 is 6.01 Å². The van der Waals surface area contributed by atoms with E-state index in [2.05, 4.69) is 48.1 Å². The number of anilines is 1. The number of ether oxygens (including phenoxy) is 2. The Balaban J connectivity index is 1.97. The number of morpholine rings is 1. The van der Waals surface area contributed by atoms with Gasteiger partial charge in [-0.3, -0.25) is 0 Å². The molecule has 0 unspecified atom stereocenters. The van der Waals surface area contributed by atoms with Crippen LogP contribution in [0.5, 0.6) is 0 Å². The van der Waals surface area contributed by atoms with Crippen LogP contribution in [-0.4, -0.2) is 54.8 Å². The first kappa shape index (κ1) is 16.2. The molecule has 2 heterocycles. The highest BCUT2D eigenvalue weighted by molar-refractivity contribution is 5.28. The summed E-state index contributed by atoms with van der Waals surface area (Å²) < 4.78 is 16.8. The van der Waals surface area contributed by atoms with Gasteiger partial charge in [-0.05, 0) is 27.7 Å². The molecule has 1 aromatic heterocycles.